The average molecular weight is 295 g/mol. The molecule has 0 aliphatic heterocycles. The van der Waals surface area contributed by atoms with E-state index >= 15 is 0 Å². The minimum absolute atomic E-state index is 0.896. The highest BCUT2D eigenvalue weighted by Gasteiger charge is 2.10. The highest BCUT2D eigenvalue weighted by molar-refractivity contribution is 14.1. The number of aromatic nitrogens is 3. The monoisotopic (exact) mass is 295 g/mol. The van der Waals surface area contributed by atoms with E-state index in [1.807, 2.05) is 41.0 Å². The first kappa shape index (κ1) is 8.16. The number of nitrogens with zero attached hydrogens (tertiary/aromatic N) is 3. The molecular formula is C10H6IN3. The van der Waals surface area contributed by atoms with E-state index in [-0.39, 0.29) is 0 Å². The van der Waals surface area contributed by atoms with E-state index in [9.17, 15) is 0 Å². The molecule has 0 saturated carbocycles. The molecule has 0 bridgehead atoms. The van der Waals surface area contributed by atoms with Crippen LogP contribution in [-0.4, -0.2) is 14.6 Å². The Hall–Kier alpha value is -1.17. The van der Waals surface area contributed by atoms with Crippen molar-refractivity contribution in [3.8, 4) is 0 Å². The van der Waals surface area contributed by atoms with E-state index in [1.54, 1.807) is 0 Å². The third kappa shape index (κ3) is 1.10. The number of fused-ring (bicyclic) bond motifs is 1. The molecule has 0 N–H and O–H groups in total. The van der Waals surface area contributed by atoms with Gasteiger partial charge in [-0.3, -0.25) is 4.40 Å². The van der Waals surface area contributed by atoms with Gasteiger partial charge < -0.3 is 0 Å². The molecule has 1 aliphatic carbocycles. The zero-order chi connectivity index (χ0) is 9.54. The van der Waals surface area contributed by atoms with Gasteiger partial charge >= 0.3 is 0 Å². The van der Waals surface area contributed by atoms with Crippen LogP contribution in [-0.2, 0) is 0 Å². The zero-order valence-corrected chi connectivity index (χ0v) is 9.34. The minimum atomic E-state index is 0.896. The fraction of sp³-hybridized carbons (Fsp3) is 0. The first-order chi connectivity index (χ1) is 6.84. The Morgan fingerprint density at radius 3 is 2.86 bits per heavy atom. The molecule has 68 valence electrons. The van der Waals surface area contributed by atoms with Gasteiger partial charge in [0.05, 0.1) is 0 Å². The summed E-state index contributed by atoms with van der Waals surface area (Å²) in [7, 11) is 0. The molecule has 0 atom stereocenters. The average Bonchev–Trinajstić information content (AvgIpc) is 2.45. The predicted octanol–water partition coefficient (Wildman–Crippen LogP) is 2.29. The molecule has 0 amide bonds. The molecule has 0 unspecified atom stereocenters. The van der Waals surface area contributed by atoms with Crippen LogP contribution in [0.2, 0.25) is 0 Å². The van der Waals surface area contributed by atoms with Gasteiger partial charge in [0, 0.05) is 15.3 Å². The summed E-state index contributed by atoms with van der Waals surface area (Å²) in [6.07, 6.45) is 8.07. The molecule has 2 aromatic rings. The van der Waals surface area contributed by atoms with Gasteiger partial charge in [-0.1, -0.05) is 18.2 Å². The number of hydrogen-bond acceptors (Lipinski definition) is 2. The molecule has 0 aromatic carbocycles. The second-order valence-electron chi connectivity index (χ2n) is 3.08. The lowest BCUT2D eigenvalue weighted by Gasteiger charge is -2.04. The summed E-state index contributed by atoms with van der Waals surface area (Å²) < 4.78 is 3.17. The summed E-state index contributed by atoms with van der Waals surface area (Å²) in [5.74, 6) is 0.916. The van der Waals surface area contributed by atoms with Crippen LogP contribution in [0.5, 0.6) is 0 Å². The summed E-state index contributed by atoms with van der Waals surface area (Å²) in [5.41, 5.74) is 2.03. The summed E-state index contributed by atoms with van der Waals surface area (Å²) in [6.45, 7) is 0. The first-order valence-electron chi connectivity index (χ1n) is 4.23. The van der Waals surface area contributed by atoms with Gasteiger partial charge in [0.2, 0.25) is 0 Å². The number of rotatable bonds is 1. The van der Waals surface area contributed by atoms with Crippen LogP contribution >= 0.6 is 22.6 Å². The van der Waals surface area contributed by atoms with Crippen molar-refractivity contribution >= 4 is 33.8 Å². The van der Waals surface area contributed by atoms with Crippen molar-refractivity contribution in [1.82, 2.24) is 14.6 Å². The highest BCUT2D eigenvalue weighted by atomic mass is 127. The quantitative estimate of drug-likeness (QED) is 0.756. The van der Waals surface area contributed by atoms with E-state index in [2.05, 4.69) is 32.8 Å². The second kappa shape index (κ2) is 2.91. The maximum absolute atomic E-state index is 4.15. The van der Waals surface area contributed by atoms with Gasteiger partial charge in [0.1, 0.15) is 0 Å². The van der Waals surface area contributed by atoms with Crippen molar-refractivity contribution in [2.45, 2.75) is 0 Å². The lowest BCUT2D eigenvalue weighted by Crippen LogP contribution is -1.95. The van der Waals surface area contributed by atoms with Gasteiger partial charge in [-0.05, 0) is 34.7 Å². The van der Waals surface area contributed by atoms with Gasteiger partial charge in [-0.15, -0.1) is 10.2 Å². The third-order valence-corrected chi connectivity index (χ3v) is 2.85. The van der Waals surface area contributed by atoms with Crippen LogP contribution < -0.4 is 0 Å². The molecule has 0 radical (unpaired) electrons. The molecule has 0 spiro atoms. The van der Waals surface area contributed by atoms with Gasteiger partial charge in [0.25, 0.3) is 0 Å². The zero-order valence-electron chi connectivity index (χ0n) is 7.18. The number of halogens is 1. The van der Waals surface area contributed by atoms with Gasteiger partial charge in [-0.25, -0.2) is 0 Å². The molecule has 3 nitrogen and oxygen atoms in total. The third-order valence-electron chi connectivity index (χ3n) is 2.18. The number of hydrogen-bond donors (Lipinski definition) is 0. The molecule has 14 heavy (non-hydrogen) atoms. The van der Waals surface area contributed by atoms with Crippen molar-refractivity contribution in [1.29, 1.82) is 0 Å². The minimum Gasteiger partial charge on any atom is -0.282 e. The van der Waals surface area contributed by atoms with E-state index in [0.29, 0.717) is 0 Å². The highest BCUT2D eigenvalue weighted by Crippen LogP contribution is 2.21. The Morgan fingerprint density at radius 2 is 2.14 bits per heavy atom. The first-order valence-corrected chi connectivity index (χ1v) is 5.31. The van der Waals surface area contributed by atoms with E-state index < -0.39 is 0 Å². The van der Waals surface area contributed by atoms with Gasteiger partial charge in [-0.2, -0.15) is 0 Å². The molecule has 2 heterocycles. The molecule has 1 aliphatic rings. The van der Waals surface area contributed by atoms with Crippen molar-refractivity contribution in [3.63, 3.8) is 0 Å². The Labute approximate surface area is 94.3 Å². The van der Waals surface area contributed by atoms with Crippen molar-refractivity contribution in [2.24, 2.45) is 0 Å². The topological polar surface area (TPSA) is 30.2 Å². The fourth-order valence-corrected chi connectivity index (χ4v) is 1.84. The molecule has 3 rings (SSSR count). The normalized spacial score (nSPS) is 14.2. The standard InChI is InChI=1S/C10H6IN3/c11-8-4-5-14-9(6-8)12-13-10(14)7-2-1-3-7/h1-6H. The van der Waals surface area contributed by atoms with Crippen LogP contribution in [0.1, 0.15) is 5.82 Å². The fourth-order valence-electron chi connectivity index (χ4n) is 1.40. The number of allylic oxidation sites excluding steroid dienone is 4. The molecule has 4 heteroatoms. The van der Waals surface area contributed by atoms with Crippen LogP contribution in [0.25, 0.3) is 11.2 Å². The van der Waals surface area contributed by atoms with Crippen molar-refractivity contribution in [2.75, 3.05) is 0 Å². The van der Waals surface area contributed by atoms with Crippen LogP contribution in [0, 0.1) is 3.57 Å². The van der Waals surface area contributed by atoms with Crippen LogP contribution in [0.3, 0.4) is 0 Å². The maximum atomic E-state index is 4.15. The summed E-state index contributed by atoms with van der Waals surface area (Å²) in [6, 6.07) is 4.06. The van der Waals surface area contributed by atoms with E-state index in [0.717, 1.165) is 17.0 Å². The Balaban J connectivity index is 2.26. The number of pyridine rings is 1. The van der Waals surface area contributed by atoms with Crippen LogP contribution in [0.4, 0.5) is 0 Å². The summed E-state index contributed by atoms with van der Waals surface area (Å²) in [5, 5.41) is 8.26. The van der Waals surface area contributed by atoms with Crippen LogP contribution in [0.15, 0.2) is 36.6 Å². The smallest absolute Gasteiger partial charge is 0.168 e. The lowest BCUT2D eigenvalue weighted by atomic mass is 10.1. The predicted molar refractivity (Wildman–Crippen MR) is 62.8 cm³/mol. The Morgan fingerprint density at radius 1 is 1.29 bits per heavy atom. The lowest BCUT2D eigenvalue weighted by molar-refractivity contribution is 1.06. The van der Waals surface area contributed by atoms with Crippen molar-refractivity contribution < 1.29 is 0 Å². The summed E-state index contributed by atoms with van der Waals surface area (Å²) in [4.78, 5) is 0. The second-order valence-corrected chi connectivity index (χ2v) is 4.32. The van der Waals surface area contributed by atoms with Gasteiger partial charge in [0.15, 0.2) is 11.5 Å². The molecule has 0 fully saturated rings. The molecule has 0 saturated heterocycles. The molecule has 2 aromatic heterocycles. The Kier molecular flexibility index (Phi) is 1.70. The van der Waals surface area contributed by atoms with E-state index in [1.165, 1.54) is 3.57 Å². The molecular weight excluding hydrogens is 289 g/mol. The Bertz CT molecular complexity index is 566. The van der Waals surface area contributed by atoms with Crippen molar-refractivity contribution in [3.05, 3.63) is 46.0 Å². The largest absolute Gasteiger partial charge is 0.282 e. The maximum Gasteiger partial charge on any atom is 0.168 e. The van der Waals surface area contributed by atoms with E-state index in [4.69, 9.17) is 0 Å². The summed E-state index contributed by atoms with van der Waals surface area (Å²) >= 11 is 2.27. The SMILES string of the molecule is Ic1ccn2c(C3=CC=C3)nnc2c1.